The maximum atomic E-state index is 12.1. The van der Waals surface area contributed by atoms with Crippen molar-refractivity contribution in [3.63, 3.8) is 0 Å². The number of ether oxygens (including phenoxy) is 2. The third-order valence-electron chi connectivity index (χ3n) is 4.83. The van der Waals surface area contributed by atoms with E-state index in [9.17, 15) is 14.4 Å². The van der Waals surface area contributed by atoms with E-state index in [0.717, 1.165) is 47.3 Å². The second kappa shape index (κ2) is 9.79. The number of hydrogen-bond donors (Lipinski definition) is 1. The Balaban J connectivity index is 2.03. The summed E-state index contributed by atoms with van der Waals surface area (Å²) in [5, 5.41) is 13.3. The molecule has 0 aliphatic rings. The lowest BCUT2D eigenvalue weighted by atomic mass is 10.1. The molecule has 3 rings (SSSR count). The van der Waals surface area contributed by atoms with Crippen LogP contribution in [0.2, 0.25) is 0 Å². The number of alkyl halides is 1. The number of fused-ring (bicyclic) bond motifs is 1. The molecule has 1 heterocycles. The number of benzene rings is 2. The van der Waals surface area contributed by atoms with E-state index in [-0.39, 0.29) is 6.61 Å². The van der Waals surface area contributed by atoms with E-state index < -0.39 is 12.8 Å². The highest BCUT2D eigenvalue weighted by Crippen LogP contribution is 2.36. The summed E-state index contributed by atoms with van der Waals surface area (Å²) < 4.78 is 24.3. The van der Waals surface area contributed by atoms with Gasteiger partial charge in [0.05, 0.1) is 23.9 Å². The van der Waals surface area contributed by atoms with Crippen molar-refractivity contribution < 1.29 is 18.7 Å². The zero-order valence-corrected chi connectivity index (χ0v) is 17.1. The first-order chi connectivity index (χ1) is 14.6. The monoisotopic (exact) mass is 409 g/mol. The van der Waals surface area contributed by atoms with Gasteiger partial charge in [-0.3, -0.25) is 5.32 Å². The second-order valence-corrected chi connectivity index (χ2v) is 6.75. The van der Waals surface area contributed by atoms with E-state index in [1.54, 1.807) is 19.2 Å². The number of carbonyl (C=O) groups is 1. The summed E-state index contributed by atoms with van der Waals surface area (Å²) >= 11 is 0. The van der Waals surface area contributed by atoms with Crippen molar-refractivity contribution in [2.75, 3.05) is 25.7 Å². The molecule has 30 heavy (non-hydrogen) atoms. The minimum Gasteiger partial charge on any atom is -0.497 e. The molecule has 1 aromatic heterocycles. The lowest BCUT2D eigenvalue weighted by molar-refractivity contribution is 0.152. The van der Waals surface area contributed by atoms with Crippen LogP contribution in [0, 0.1) is 11.3 Å². The molecule has 156 valence electrons. The first kappa shape index (κ1) is 21.2. The zero-order chi connectivity index (χ0) is 21.5. The molecule has 2 aromatic carbocycles. The van der Waals surface area contributed by atoms with Crippen LogP contribution in [0.25, 0.3) is 22.2 Å². The van der Waals surface area contributed by atoms with Gasteiger partial charge >= 0.3 is 6.09 Å². The van der Waals surface area contributed by atoms with Gasteiger partial charge in [-0.25, -0.2) is 9.18 Å². The number of hydrogen-bond acceptors (Lipinski definition) is 4. The molecule has 0 spiro atoms. The summed E-state index contributed by atoms with van der Waals surface area (Å²) in [6.45, 7) is 1.89. The first-order valence-corrected chi connectivity index (χ1v) is 9.83. The summed E-state index contributed by atoms with van der Waals surface area (Å²) in [7, 11) is 1.62. The van der Waals surface area contributed by atoms with Crippen LogP contribution in [-0.4, -0.2) is 31.1 Å². The van der Waals surface area contributed by atoms with Gasteiger partial charge < -0.3 is 14.0 Å². The van der Waals surface area contributed by atoms with Gasteiger partial charge in [0, 0.05) is 23.7 Å². The van der Waals surface area contributed by atoms with E-state index in [4.69, 9.17) is 4.74 Å². The summed E-state index contributed by atoms with van der Waals surface area (Å²) in [6.07, 6.45) is 1.29. The topological polar surface area (TPSA) is 76.3 Å². The number of unbranched alkanes of at least 4 members (excludes halogenated alkanes) is 1. The molecule has 7 heteroatoms. The Hall–Kier alpha value is -3.53. The third-order valence-corrected chi connectivity index (χ3v) is 4.83. The Morgan fingerprint density at radius 3 is 2.63 bits per heavy atom. The van der Waals surface area contributed by atoms with Crippen molar-refractivity contribution in [3.8, 4) is 23.1 Å². The van der Waals surface area contributed by atoms with E-state index in [0.29, 0.717) is 11.3 Å². The van der Waals surface area contributed by atoms with Crippen molar-refractivity contribution in [3.05, 3.63) is 48.0 Å². The molecule has 0 bridgehead atoms. The van der Waals surface area contributed by atoms with Crippen molar-refractivity contribution in [2.45, 2.75) is 26.3 Å². The molecule has 1 amide bonds. The molecule has 6 nitrogen and oxygen atoms in total. The number of rotatable bonds is 8. The normalized spacial score (nSPS) is 10.6. The van der Waals surface area contributed by atoms with Gasteiger partial charge in [0.1, 0.15) is 25.1 Å². The average Bonchev–Trinajstić information content (AvgIpc) is 3.09. The highest BCUT2D eigenvalue weighted by atomic mass is 19.1. The van der Waals surface area contributed by atoms with Crippen LogP contribution < -0.4 is 10.1 Å². The Kier molecular flexibility index (Phi) is 6.91. The van der Waals surface area contributed by atoms with Gasteiger partial charge in [0.25, 0.3) is 0 Å². The predicted octanol–water partition coefficient (Wildman–Crippen LogP) is 5.51. The van der Waals surface area contributed by atoms with Crippen LogP contribution in [-0.2, 0) is 11.3 Å². The highest BCUT2D eigenvalue weighted by Gasteiger charge is 2.19. The number of methoxy groups -OCH3 is 1. The minimum absolute atomic E-state index is 0.281. The van der Waals surface area contributed by atoms with Crippen LogP contribution in [0.4, 0.5) is 14.9 Å². The molecular formula is C23H24FN3O3. The molecule has 0 saturated heterocycles. The number of halogens is 1. The molecular weight excluding hydrogens is 385 g/mol. The molecule has 1 N–H and O–H groups in total. The van der Waals surface area contributed by atoms with Crippen LogP contribution in [0.5, 0.6) is 5.75 Å². The summed E-state index contributed by atoms with van der Waals surface area (Å²) in [5.41, 5.74) is 3.78. The Bertz CT molecular complexity index is 1070. The predicted molar refractivity (Wildman–Crippen MR) is 114 cm³/mol. The molecule has 0 unspecified atom stereocenters. The number of aryl methyl sites for hydroxylation is 1. The van der Waals surface area contributed by atoms with Crippen molar-refractivity contribution >= 4 is 22.7 Å². The van der Waals surface area contributed by atoms with Gasteiger partial charge in [-0.2, -0.15) is 5.26 Å². The zero-order valence-electron chi connectivity index (χ0n) is 17.1. The summed E-state index contributed by atoms with van der Waals surface area (Å²) in [6, 6.07) is 15.2. The van der Waals surface area contributed by atoms with E-state index in [1.807, 2.05) is 30.3 Å². The Labute approximate surface area is 174 Å². The first-order valence-electron chi connectivity index (χ1n) is 9.83. The molecule has 0 fully saturated rings. The maximum Gasteiger partial charge on any atom is 0.411 e. The maximum absolute atomic E-state index is 12.1. The lowest BCUT2D eigenvalue weighted by Gasteiger charge is -2.12. The fourth-order valence-corrected chi connectivity index (χ4v) is 3.41. The number of carbonyl (C=O) groups excluding carboxylic acids is 1. The molecule has 0 atom stereocenters. The van der Waals surface area contributed by atoms with Crippen molar-refractivity contribution in [2.24, 2.45) is 0 Å². The van der Waals surface area contributed by atoms with Crippen LogP contribution in [0.15, 0.2) is 42.5 Å². The molecule has 0 saturated carbocycles. The number of amides is 1. The van der Waals surface area contributed by atoms with Gasteiger partial charge in [0.15, 0.2) is 0 Å². The lowest BCUT2D eigenvalue weighted by Crippen LogP contribution is -2.14. The number of nitrogens with zero attached hydrogens (tertiary/aromatic N) is 2. The molecule has 0 aliphatic carbocycles. The van der Waals surface area contributed by atoms with Crippen molar-refractivity contribution in [1.29, 1.82) is 5.26 Å². The fraction of sp³-hybridized carbons (Fsp3) is 0.304. The average molecular weight is 409 g/mol. The van der Waals surface area contributed by atoms with Crippen LogP contribution >= 0.6 is 0 Å². The van der Waals surface area contributed by atoms with Crippen LogP contribution in [0.3, 0.4) is 0 Å². The van der Waals surface area contributed by atoms with Gasteiger partial charge in [-0.1, -0.05) is 25.5 Å². The Morgan fingerprint density at radius 1 is 1.23 bits per heavy atom. The quantitative estimate of drug-likeness (QED) is 0.532. The van der Waals surface area contributed by atoms with Crippen molar-refractivity contribution in [1.82, 2.24) is 4.57 Å². The second-order valence-electron chi connectivity index (χ2n) is 6.75. The molecule has 0 aliphatic heterocycles. The van der Waals surface area contributed by atoms with E-state index in [1.165, 1.54) is 0 Å². The van der Waals surface area contributed by atoms with Gasteiger partial charge in [0.2, 0.25) is 0 Å². The van der Waals surface area contributed by atoms with Gasteiger partial charge in [-0.05, 0) is 36.2 Å². The fourth-order valence-electron chi connectivity index (χ4n) is 3.41. The number of anilines is 1. The third kappa shape index (κ3) is 4.38. The molecule has 0 radical (unpaired) electrons. The van der Waals surface area contributed by atoms with Crippen LogP contribution in [0.1, 0.15) is 25.3 Å². The number of nitriles is 1. The smallest absolute Gasteiger partial charge is 0.411 e. The van der Waals surface area contributed by atoms with E-state index in [2.05, 4.69) is 27.6 Å². The van der Waals surface area contributed by atoms with Gasteiger partial charge in [-0.15, -0.1) is 0 Å². The number of aromatic nitrogens is 1. The largest absolute Gasteiger partial charge is 0.497 e. The molecule has 3 aromatic rings. The van der Waals surface area contributed by atoms with E-state index >= 15 is 0 Å². The summed E-state index contributed by atoms with van der Waals surface area (Å²) in [5.74, 6) is 0.736. The number of nitrogens with one attached hydrogen (secondary N) is 1. The minimum atomic E-state index is -0.726. The highest BCUT2D eigenvalue weighted by molar-refractivity contribution is 5.95. The SMILES string of the molecule is CCCCn1c(-c2ccc(NC(=O)OCCF)cc2)c(C#N)c2ccc(OC)cc21. The standard InChI is InChI=1S/C23H24FN3O3/c1-3-4-12-27-21-14-18(29-2)9-10-19(21)20(15-25)22(27)16-5-7-17(8-6-16)26-23(28)30-13-11-24/h5-10,14H,3-4,11-13H2,1-2H3,(H,26,28). The Morgan fingerprint density at radius 2 is 2.00 bits per heavy atom. The summed E-state index contributed by atoms with van der Waals surface area (Å²) in [4.78, 5) is 11.6.